The number of allylic oxidation sites excluding steroid dienone is 2. The Hall–Kier alpha value is -1.18. The number of hydrogen-bond acceptors (Lipinski definition) is 2. The second-order valence-corrected chi connectivity index (χ2v) is 7.87. The topological polar surface area (TPSA) is 24.7 Å². The maximum atomic E-state index is 5.11. The summed E-state index contributed by atoms with van der Waals surface area (Å²) in [4.78, 5) is 9.97. The van der Waals surface area contributed by atoms with Gasteiger partial charge in [-0.25, -0.2) is 0 Å². The van der Waals surface area contributed by atoms with Crippen molar-refractivity contribution in [2.24, 2.45) is 15.9 Å². The summed E-state index contributed by atoms with van der Waals surface area (Å²) in [6.07, 6.45) is 12.9. The van der Waals surface area contributed by atoms with Crippen LogP contribution in [0.25, 0.3) is 0 Å². The third-order valence-electron chi connectivity index (χ3n) is 6.20. The molecular weight excluding hydrogens is 280 g/mol. The van der Waals surface area contributed by atoms with E-state index in [2.05, 4.69) is 13.8 Å². The van der Waals surface area contributed by atoms with Crippen LogP contribution in [-0.4, -0.2) is 24.0 Å². The normalized spacial score (nSPS) is 29.3. The van der Waals surface area contributed by atoms with Crippen LogP contribution in [-0.2, 0) is 0 Å². The molecule has 0 amide bonds. The largest absolute Gasteiger partial charge is 0.290 e. The van der Waals surface area contributed by atoms with Gasteiger partial charge in [0.15, 0.2) is 0 Å². The van der Waals surface area contributed by atoms with Crippen LogP contribution in [0.1, 0.15) is 78.1 Å². The minimum Gasteiger partial charge on any atom is -0.290 e. The molecule has 4 rings (SSSR count). The maximum absolute atomic E-state index is 5.11. The fraction of sp³-hybridized carbons (Fsp3) is 0.714. The van der Waals surface area contributed by atoms with Crippen molar-refractivity contribution in [2.75, 3.05) is 6.54 Å². The fourth-order valence-electron chi connectivity index (χ4n) is 5.15. The number of rotatable bonds is 5. The number of fused-ring (bicyclic) bond motifs is 1. The summed E-state index contributed by atoms with van der Waals surface area (Å²) in [5.41, 5.74) is 9.53. The van der Waals surface area contributed by atoms with E-state index < -0.39 is 0 Å². The zero-order valence-electron chi connectivity index (χ0n) is 14.8. The van der Waals surface area contributed by atoms with Gasteiger partial charge in [0.1, 0.15) is 0 Å². The van der Waals surface area contributed by atoms with Gasteiger partial charge in [-0.15, -0.1) is 0 Å². The predicted molar refractivity (Wildman–Crippen MR) is 98.6 cm³/mol. The standard InChI is InChI=1S/C21H30N2/c1-3-4-5-6-9-19-18-12-15-13-22-20-10-7-8-16(21(15)20)17(18)11-14(2)23-19/h18-19H,3-13H2,1-2H3. The maximum Gasteiger partial charge on any atom is 0.0612 e. The minimum atomic E-state index is 0.545. The van der Waals surface area contributed by atoms with E-state index in [0.29, 0.717) is 12.0 Å². The molecule has 1 saturated carbocycles. The van der Waals surface area contributed by atoms with Gasteiger partial charge in [0.25, 0.3) is 0 Å². The predicted octanol–water partition coefficient (Wildman–Crippen LogP) is 5.44. The van der Waals surface area contributed by atoms with E-state index in [1.807, 2.05) is 0 Å². The molecule has 0 aromatic heterocycles. The average molecular weight is 310 g/mol. The van der Waals surface area contributed by atoms with Crippen LogP contribution in [0.2, 0.25) is 0 Å². The van der Waals surface area contributed by atoms with Gasteiger partial charge >= 0.3 is 0 Å². The molecule has 0 bridgehead atoms. The van der Waals surface area contributed by atoms with Crippen LogP contribution >= 0.6 is 0 Å². The highest BCUT2D eigenvalue weighted by atomic mass is 14.8. The van der Waals surface area contributed by atoms with Crippen LogP contribution in [0.3, 0.4) is 0 Å². The van der Waals surface area contributed by atoms with Crippen LogP contribution in [0.4, 0.5) is 0 Å². The summed E-state index contributed by atoms with van der Waals surface area (Å²) < 4.78 is 0. The molecule has 23 heavy (non-hydrogen) atoms. The van der Waals surface area contributed by atoms with Crippen molar-refractivity contribution in [1.82, 2.24) is 0 Å². The molecule has 2 unspecified atom stereocenters. The zero-order chi connectivity index (χ0) is 15.8. The highest BCUT2D eigenvalue weighted by Gasteiger charge is 2.39. The Bertz CT molecular complexity index is 618. The highest BCUT2D eigenvalue weighted by Crippen LogP contribution is 2.48. The molecule has 1 fully saturated rings. The van der Waals surface area contributed by atoms with Gasteiger partial charge in [-0.1, -0.05) is 38.2 Å². The smallest absolute Gasteiger partial charge is 0.0612 e. The number of unbranched alkanes of at least 4 members (excludes halogenated alkanes) is 3. The molecule has 124 valence electrons. The van der Waals surface area contributed by atoms with Crippen LogP contribution in [0.15, 0.2) is 32.3 Å². The van der Waals surface area contributed by atoms with E-state index in [1.165, 1.54) is 69.2 Å². The van der Waals surface area contributed by atoms with E-state index >= 15 is 0 Å². The van der Waals surface area contributed by atoms with Crippen molar-refractivity contribution in [2.45, 2.75) is 84.1 Å². The van der Waals surface area contributed by atoms with Crippen molar-refractivity contribution in [1.29, 1.82) is 0 Å². The first kappa shape index (κ1) is 15.4. The van der Waals surface area contributed by atoms with Crippen molar-refractivity contribution in [3.8, 4) is 0 Å². The Morgan fingerprint density at radius 3 is 2.91 bits per heavy atom. The van der Waals surface area contributed by atoms with Gasteiger partial charge in [-0.05, 0) is 55.7 Å². The molecule has 2 heterocycles. The molecule has 0 radical (unpaired) electrons. The first-order valence-corrected chi connectivity index (χ1v) is 9.79. The van der Waals surface area contributed by atoms with Crippen molar-refractivity contribution in [3.05, 3.63) is 22.3 Å². The first-order chi connectivity index (χ1) is 11.3. The van der Waals surface area contributed by atoms with Crippen LogP contribution in [0, 0.1) is 5.92 Å². The SMILES string of the molecule is CCCCCCC1N=C(C)CC2=C3CCCC4=NCC(=C43)CC21. The van der Waals surface area contributed by atoms with Gasteiger partial charge in [-0.3, -0.25) is 9.98 Å². The average Bonchev–Trinajstić information content (AvgIpc) is 2.97. The molecule has 0 spiro atoms. The number of nitrogens with zero attached hydrogens (tertiary/aromatic N) is 2. The van der Waals surface area contributed by atoms with Gasteiger partial charge in [0.2, 0.25) is 0 Å². The van der Waals surface area contributed by atoms with E-state index in [-0.39, 0.29) is 0 Å². The number of aliphatic imine (C=N–C) groups is 2. The molecular formula is C21H30N2. The third kappa shape index (κ3) is 2.75. The van der Waals surface area contributed by atoms with E-state index in [9.17, 15) is 0 Å². The van der Waals surface area contributed by atoms with Crippen molar-refractivity contribution < 1.29 is 0 Å². The molecule has 0 saturated heterocycles. The fourth-order valence-corrected chi connectivity index (χ4v) is 5.15. The molecule has 2 nitrogen and oxygen atoms in total. The van der Waals surface area contributed by atoms with Crippen LogP contribution < -0.4 is 0 Å². The lowest BCUT2D eigenvalue weighted by Gasteiger charge is -2.39. The molecule has 4 aliphatic rings. The zero-order valence-corrected chi connectivity index (χ0v) is 14.8. The van der Waals surface area contributed by atoms with E-state index in [1.54, 1.807) is 22.3 Å². The quantitative estimate of drug-likeness (QED) is 0.604. The van der Waals surface area contributed by atoms with E-state index in [0.717, 1.165) is 13.0 Å². The summed E-state index contributed by atoms with van der Waals surface area (Å²) in [6, 6.07) is 0.545. The van der Waals surface area contributed by atoms with Crippen molar-refractivity contribution >= 4 is 11.4 Å². The monoisotopic (exact) mass is 310 g/mol. The molecule has 2 heteroatoms. The summed E-state index contributed by atoms with van der Waals surface area (Å²) in [5, 5.41) is 0. The van der Waals surface area contributed by atoms with Gasteiger partial charge in [0.05, 0.1) is 12.6 Å². The Balaban J connectivity index is 1.59. The summed E-state index contributed by atoms with van der Waals surface area (Å²) in [6.45, 7) is 5.53. The van der Waals surface area contributed by atoms with Gasteiger partial charge in [-0.2, -0.15) is 0 Å². The van der Waals surface area contributed by atoms with Crippen LogP contribution in [0.5, 0.6) is 0 Å². The molecule has 0 aromatic rings. The lowest BCUT2D eigenvalue weighted by atomic mass is 9.68. The highest BCUT2D eigenvalue weighted by molar-refractivity contribution is 6.08. The van der Waals surface area contributed by atoms with Crippen molar-refractivity contribution in [3.63, 3.8) is 0 Å². The summed E-state index contributed by atoms with van der Waals surface area (Å²) in [7, 11) is 0. The lowest BCUT2D eigenvalue weighted by molar-refractivity contribution is 0.408. The molecule has 2 aliphatic carbocycles. The van der Waals surface area contributed by atoms with E-state index in [4.69, 9.17) is 9.98 Å². The summed E-state index contributed by atoms with van der Waals surface area (Å²) in [5.74, 6) is 0.696. The Labute approximate surface area is 140 Å². The third-order valence-corrected chi connectivity index (χ3v) is 6.20. The molecule has 2 aliphatic heterocycles. The van der Waals surface area contributed by atoms with Gasteiger partial charge in [0, 0.05) is 23.8 Å². The Morgan fingerprint density at radius 2 is 2.04 bits per heavy atom. The minimum absolute atomic E-state index is 0.545. The lowest BCUT2D eigenvalue weighted by Crippen LogP contribution is -2.33. The Morgan fingerprint density at radius 1 is 1.13 bits per heavy atom. The molecule has 0 N–H and O–H groups in total. The first-order valence-electron chi connectivity index (χ1n) is 9.79. The second kappa shape index (κ2) is 6.37. The Kier molecular flexibility index (Phi) is 4.26. The molecule has 2 atom stereocenters. The molecule has 0 aromatic carbocycles. The van der Waals surface area contributed by atoms with Gasteiger partial charge < -0.3 is 0 Å². The number of hydrogen-bond donors (Lipinski definition) is 0. The second-order valence-electron chi connectivity index (χ2n) is 7.87. The summed E-state index contributed by atoms with van der Waals surface area (Å²) >= 11 is 0.